The molecule has 2 aromatic carbocycles. The van der Waals surface area contributed by atoms with E-state index in [4.69, 9.17) is 32.7 Å². The highest BCUT2D eigenvalue weighted by molar-refractivity contribution is 9.10. The van der Waals surface area contributed by atoms with Crippen molar-refractivity contribution in [2.24, 2.45) is 0 Å². The maximum Gasteiger partial charge on any atom is 0.124 e. The maximum atomic E-state index is 6.57. The van der Waals surface area contributed by atoms with Crippen molar-refractivity contribution in [1.29, 1.82) is 0 Å². The van der Waals surface area contributed by atoms with Crippen molar-refractivity contribution in [3.8, 4) is 11.5 Å². The quantitative estimate of drug-likeness (QED) is 0.661. The lowest BCUT2D eigenvalue weighted by atomic mass is 10.0. The molecule has 1 unspecified atom stereocenters. The van der Waals surface area contributed by atoms with Gasteiger partial charge >= 0.3 is 0 Å². The van der Waals surface area contributed by atoms with Gasteiger partial charge in [0.1, 0.15) is 11.5 Å². The van der Waals surface area contributed by atoms with Crippen LogP contribution >= 0.6 is 39.1 Å². The fourth-order valence-corrected chi connectivity index (χ4v) is 3.11. The molecule has 0 spiro atoms. The van der Waals surface area contributed by atoms with Crippen molar-refractivity contribution in [2.75, 3.05) is 14.2 Å². The van der Waals surface area contributed by atoms with Crippen LogP contribution in [0, 0.1) is 0 Å². The predicted molar refractivity (Wildman–Crippen MR) is 86.4 cm³/mol. The van der Waals surface area contributed by atoms with E-state index in [1.807, 2.05) is 36.4 Å². The van der Waals surface area contributed by atoms with E-state index in [9.17, 15) is 0 Å². The van der Waals surface area contributed by atoms with E-state index in [-0.39, 0.29) is 0 Å². The second kappa shape index (κ2) is 6.70. The van der Waals surface area contributed by atoms with E-state index < -0.39 is 5.38 Å². The lowest BCUT2D eigenvalue weighted by Crippen LogP contribution is -1.99. The first-order valence-corrected chi connectivity index (χ1v) is 7.48. The molecule has 0 aliphatic heterocycles. The minimum absolute atomic E-state index is 0.416. The first kappa shape index (κ1) is 15.5. The van der Waals surface area contributed by atoms with Crippen LogP contribution in [0.3, 0.4) is 0 Å². The molecule has 0 N–H and O–H groups in total. The van der Waals surface area contributed by atoms with Gasteiger partial charge in [0.05, 0.1) is 19.6 Å². The number of halogens is 3. The molecule has 2 nitrogen and oxygen atoms in total. The van der Waals surface area contributed by atoms with Crippen molar-refractivity contribution in [3.63, 3.8) is 0 Å². The van der Waals surface area contributed by atoms with Crippen LogP contribution in [0.2, 0.25) is 5.02 Å². The van der Waals surface area contributed by atoms with Crippen LogP contribution in [-0.2, 0) is 0 Å². The molecular formula is C15H13BrCl2O2. The van der Waals surface area contributed by atoms with E-state index in [0.29, 0.717) is 10.8 Å². The van der Waals surface area contributed by atoms with Gasteiger partial charge in [0.15, 0.2) is 0 Å². The molecular weight excluding hydrogens is 363 g/mol. The SMILES string of the molecule is COc1ccc(OC)c(C(Cl)c2ccc(Br)cc2Cl)c1. The van der Waals surface area contributed by atoms with E-state index in [1.165, 1.54) is 0 Å². The molecule has 0 heterocycles. The van der Waals surface area contributed by atoms with E-state index in [1.54, 1.807) is 14.2 Å². The monoisotopic (exact) mass is 374 g/mol. The van der Waals surface area contributed by atoms with Gasteiger partial charge in [-0.25, -0.2) is 0 Å². The molecule has 0 aliphatic rings. The molecule has 2 rings (SSSR count). The predicted octanol–water partition coefficient (Wildman–Crippen LogP) is 5.45. The second-order valence-electron chi connectivity index (χ2n) is 4.14. The topological polar surface area (TPSA) is 18.5 Å². The highest BCUT2D eigenvalue weighted by Gasteiger charge is 2.19. The zero-order valence-corrected chi connectivity index (χ0v) is 14.1. The Morgan fingerprint density at radius 2 is 1.75 bits per heavy atom. The molecule has 0 radical (unpaired) electrons. The molecule has 0 fully saturated rings. The highest BCUT2D eigenvalue weighted by atomic mass is 79.9. The Morgan fingerprint density at radius 3 is 2.35 bits per heavy atom. The molecule has 0 aromatic heterocycles. The standard InChI is InChI=1S/C15H13BrCl2O2/c1-19-10-4-6-14(20-2)12(8-10)15(18)11-5-3-9(16)7-13(11)17/h3-8,15H,1-2H3. The number of alkyl halides is 1. The van der Waals surface area contributed by atoms with Gasteiger partial charge in [0.25, 0.3) is 0 Å². The summed E-state index contributed by atoms with van der Waals surface area (Å²) in [6.45, 7) is 0. The summed E-state index contributed by atoms with van der Waals surface area (Å²) in [7, 11) is 3.22. The van der Waals surface area contributed by atoms with Gasteiger partial charge in [0, 0.05) is 15.1 Å². The summed E-state index contributed by atoms with van der Waals surface area (Å²) >= 11 is 16.2. The Bertz CT molecular complexity index is 617. The molecule has 0 amide bonds. The molecule has 0 saturated carbocycles. The molecule has 1 atom stereocenters. The molecule has 2 aromatic rings. The normalized spacial score (nSPS) is 12.1. The number of benzene rings is 2. The van der Waals surface area contributed by atoms with Crippen LogP contribution in [0.5, 0.6) is 11.5 Å². The third-order valence-electron chi connectivity index (χ3n) is 2.95. The van der Waals surface area contributed by atoms with Crippen molar-refractivity contribution in [2.45, 2.75) is 5.38 Å². The molecule has 0 aliphatic carbocycles. The molecule has 5 heteroatoms. The average molecular weight is 376 g/mol. The van der Waals surface area contributed by atoms with Crippen LogP contribution < -0.4 is 9.47 Å². The fraction of sp³-hybridized carbons (Fsp3) is 0.200. The Hall–Kier alpha value is -0.900. The summed E-state index contributed by atoms with van der Waals surface area (Å²) < 4.78 is 11.5. The van der Waals surface area contributed by atoms with Gasteiger partial charge in [-0.3, -0.25) is 0 Å². The number of hydrogen-bond donors (Lipinski definition) is 0. The van der Waals surface area contributed by atoms with Crippen molar-refractivity contribution in [1.82, 2.24) is 0 Å². The fourth-order valence-electron chi connectivity index (χ4n) is 1.91. The van der Waals surface area contributed by atoms with Crippen LogP contribution in [-0.4, -0.2) is 14.2 Å². The lowest BCUT2D eigenvalue weighted by Gasteiger charge is -2.16. The smallest absolute Gasteiger partial charge is 0.124 e. The van der Waals surface area contributed by atoms with Gasteiger partial charge in [-0.1, -0.05) is 33.6 Å². The summed E-state index contributed by atoms with van der Waals surface area (Å²) in [6.07, 6.45) is 0. The van der Waals surface area contributed by atoms with Crippen molar-refractivity contribution < 1.29 is 9.47 Å². The van der Waals surface area contributed by atoms with Crippen LogP contribution in [0.15, 0.2) is 40.9 Å². The first-order valence-electron chi connectivity index (χ1n) is 5.87. The molecule has 20 heavy (non-hydrogen) atoms. The van der Waals surface area contributed by atoms with Crippen LogP contribution in [0.4, 0.5) is 0 Å². The largest absolute Gasteiger partial charge is 0.497 e. The zero-order chi connectivity index (χ0) is 14.7. The number of hydrogen-bond acceptors (Lipinski definition) is 2. The molecule has 0 bridgehead atoms. The van der Waals surface area contributed by atoms with Gasteiger partial charge in [-0.05, 0) is 35.9 Å². The minimum atomic E-state index is -0.416. The third-order valence-corrected chi connectivity index (χ3v) is 4.24. The second-order valence-corrected chi connectivity index (χ2v) is 5.90. The Balaban J connectivity index is 2.48. The van der Waals surface area contributed by atoms with E-state index in [2.05, 4.69) is 15.9 Å². The number of rotatable bonds is 4. The van der Waals surface area contributed by atoms with Crippen LogP contribution in [0.1, 0.15) is 16.5 Å². The first-order chi connectivity index (χ1) is 9.56. The van der Waals surface area contributed by atoms with E-state index >= 15 is 0 Å². The third kappa shape index (κ3) is 3.22. The van der Waals surface area contributed by atoms with Gasteiger partial charge in [-0.15, -0.1) is 11.6 Å². The van der Waals surface area contributed by atoms with Gasteiger partial charge in [0.2, 0.25) is 0 Å². The van der Waals surface area contributed by atoms with Crippen molar-refractivity contribution >= 4 is 39.1 Å². The summed E-state index contributed by atoms with van der Waals surface area (Å²) in [5.41, 5.74) is 1.64. The highest BCUT2D eigenvalue weighted by Crippen LogP contribution is 2.40. The minimum Gasteiger partial charge on any atom is -0.497 e. The molecule has 106 valence electrons. The zero-order valence-electron chi connectivity index (χ0n) is 11.0. The summed E-state index contributed by atoms with van der Waals surface area (Å²) in [5, 5.41) is 0.185. The van der Waals surface area contributed by atoms with E-state index in [0.717, 1.165) is 21.3 Å². The lowest BCUT2D eigenvalue weighted by molar-refractivity contribution is 0.399. The van der Waals surface area contributed by atoms with Crippen molar-refractivity contribution in [3.05, 3.63) is 57.0 Å². The summed E-state index contributed by atoms with van der Waals surface area (Å²) in [4.78, 5) is 0. The maximum absolute atomic E-state index is 6.57. The van der Waals surface area contributed by atoms with Gasteiger partial charge in [-0.2, -0.15) is 0 Å². The van der Waals surface area contributed by atoms with Gasteiger partial charge < -0.3 is 9.47 Å². The molecule has 0 saturated heterocycles. The number of ether oxygens (including phenoxy) is 2. The average Bonchev–Trinajstić information content (AvgIpc) is 2.46. The van der Waals surface area contributed by atoms with Crippen LogP contribution in [0.25, 0.3) is 0 Å². The number of methoxy groups -OCH3 is 2. The Morgan fingerprint density at radius 1 is 1.00 bits per heavy atom. The summed E-state index contributed by atoms with van der Waals surface area (Å²) in [6, 6.07) is 11.1. The summed E-state index contributed by atoms with van der Waals surface area (Å²) in [5.74, 6) is 1.42. The Labute approximate surface area is 136 Å². The Kier molecular flexibility index (Phi) is 5.19.